The van der Waals surface area contributed by atoms with Gasteiger partial charge < -0.3 is 15.0 Å². The molecule has 2 aromatic heterocycles. The Morgan fingerprint density at radius 3 is 2.67 bits per heavy atom. The number of nitrogens with zero attached hydrogens (tertiary/aromatic N) is 3. The lowest BCUT2D eigenvalue weighted by Crippen LogP contribution is -2.38. The second-order valence-corrected chi connectivity index (χ2v) is 6.30. The van der Waals surface area contributed by atoms with Gasteiger partial charge in [0.1, 0.15) is 10.8 Å². The van der Waals surface area contributed by atoms with E-state index in [1.807, 2.05) is 0 Å². The van der Waals surface area contributed by atoms with E-state index in [2.05, 4.69) is 15.3 Å². The summed E-state index contributed by atoms with van der Waals surface area (Å²) in [5.41, 5.74) is -0.781. The third-order valence-electron chi connectivity index (χ3n) is 3.86. The predicted octanol–water partition coefficient (Wildman–Crippen LogP) is 2.55. The summed E-state index contributed by atoms with van der Waals surface area (Å²) in [7, 11) is 0. The molecule has 3 rings (SSSR count). The number of alkyl halides is 3. The van der Waals surface area contributed by atoms with Crippen molar-refractivity contribution in [1.29, 1.82) is 0 Å². The average Bonchev–Trinajstić information content (AvgIpc) is 2.67. The van der Waals surface area contributed by atoms with E-state index < -0.39 is 17.6 Å². The summed E-state index contributed by atoms with van der Waals surface area (Å²) in [6.07, 6.45) is -2.43. The largest absolute Gasteiger partial charge is 0.417 e. The Labute approximate surface area is 157 Å². The Hall–Kier alpha value is -2.37. The number of ether oxygens (including phenoxy) is 1. The first-order chi connectivity index (χ1) is 12.9. The van der Waals surface area contributed by atoms with Crippen molar-refractivity contribution in [3.8, 4) is 0 Å². The van der Waals surface area contributed by atoms with Crippen LogP contribution in [0.15, 0.2) is 35.6 Å². The van der Waals surface area contributed by atoms with Gasteiger partial charge in [-0.05, 0) is 30.1 Å². The Kier molecular flexibility index (Phi) is 5.82. The molecule has 0 atom stereocenters. The summed E-state index contributed by atoms with van der Waals surface area (Å²) in [4.78, 5) is 22.3. The number of nitrogens with two attached hydrogens (primary N) is 1. The smallest absolute Gasteiger partial charge is 0.378 e. The van der Waals surface area contributed by atoms with E-state index in [-0.39, 0.29) is 11.4 Å². The van der Waals surface area contributed by atoms with Crippen molar-refractivity contribution >= 4 is 29.4 Å². The highest BCUT2D eigenvalue weighted by molar-refractivity contribution is 7.97. The van der Waals surface area contributed by atoms with E-state index in [1.165, 1.54) is 18.3 Å². The first-order valence-electron chi connectivity index (χ1n) is 7.92. The first-order valence-corrected chi connectivity index (χ1v) is 8.80. The molecule has 3 N–H and O–H groups in total. The fourth-order valence-corrected chi connectivity index (χ4v) is 2.87. The van der Waals surface area contributed by atoms with Crippen molar-refractivity contribution in [3.05, 3.63) is 41.7 Å². The molecule has 0 bridgehead atoms. The predicted molar refractivity (Wildman–Crippen MR) is 94.5 cm³/mol. The molecule has 0 unspecified atom stereocenters. The molecule has 1 saturated heterocycles. The Bertz CT molecular complexity index is 828. The highest BCUT2D eigenvalue weighted by atomic mass is 32.2. The summed E-state index contributed by atoms with van der Waals surface area (Å²) in [6.45, 7) is 1.68. The molecule has 144 valence electrons. The number of nitrogens with one attached hydrogen (secondary N) is 1. The standard InChI is InChI=1S/C16H16F3N5O2S/c17-16(18,19)10-7-12(14(22-9-10)24-3-5-26-6-4-24)15(25)23-11-1-2-21-13(8-11)27-20/h1-2,7-9H,3-6,20H2,(H,21,23,25). The number of carbonyl (C=O) groups is 1. The molecule has 7 nitrogen and oxygen atoms in total. The summed E-state index contributed by atoms with van der Waals surface area (Å²) in [5, 5.41) is 8.48. The van der Waals surface area contributed by atoms with Crippen LogP contribution in [0.1, 0.15) is 15.9 Å². The van der Waals surface area contributed by atoms with Crippen molar-refractivity contribution in [2.75, 3.05) is 36.5 Å². The number of morpholine rings is 1. The normalized spacial score (nSPS) is 14.9. The number of halogens is 3. The van der Waals surface area contributed by atoms with Gasteiger partial charge in [0.05, 0.1) is 24.3 Å². The number of pyridine rings is 2. The number of aromatic nitrogens is 2. The van der Waals surface area contributed by atoms with Gasteiger partial charge in [-0.15, -0.1) is 0 Å². The van der Waals surface area contributed by atoms with Crippen LogP contribution >= 0.6 is 11.9 Å². The van der Waals surface area contributed by atoms with Gasteiger partial charge in [0, 0.05) is 31.2 Å². The highest BCUT2D eigenvalue weighted by Crippen LogP contribution is 2.32. The molecule has 1 amide bonds. The summed E-state index contributed by atoms with van der Waals surface area (Å²) in [5.74, 6) is -0.513. The number of rotatable bonds is 4. The highest BCUT2D eigenvalue weighted by Gasteiger charge is 2.33. The van der Waals surface area contributed by atoms with Crippen LogP contribution in [0, 0.1) is 0 Å². The van der Waals surface area contributed by atoms with E-state index >= 15 is 0 Å². The molecular formula is C16H16F3N5O2S. The minimum Gasteiger partial charge on any atom is -0.378 e. The van der Waals surface area contributed by atoms with Gasteiger partial charge in [-0.3, -0.25) is 9.93 Å². The number of carbonyl (C=O) groups excluding carboxylic acids is 1. The van der Waals surface area contributed by atoms with Gasteiger partial charge in [0.15, 0.2) is 0 Å². The second-order valence-electron chi connectivity index (χ2n) is 5.65. The lowest BCUT2D eigenvalue weighted by Gasteiger charge is -2.29. The van der Waals surface area contributed by atoms with Crippen molar-refractivity contribution < 1.29 is 22.7 Å². The summed E-state index contributed by atoms with van der Waals surface area (Å²) < 4.78 is 44.6. The second kappa shape index (κ2) is 8.11. The third kappa shape index (κ3) is 4.67. The lowest BCUT2D eigenvalue weighted by atomic mass is 10.1. The summed E-state index contributed by atoms with van der Waals surface area (Å²) >= 11 is 0.892. The molecule has 0 radical (unpaired) electrons. The maximum Gasteiger partial charge on any atom is 0.417 e. The van der Waals surface area contributed by atoms with E-state index in [0.717, 1.165) is 24.2 Å². The van der Waals surface area contributed by atoms with Crippen LogP contribution in [-0.2, 0) is 10.9 Å². The fourth-order valence-electron chi connectivity index (χ4n) is 2.56. The lowest BCUT2D eigenvalue weighted by molar-refractivity contribution is -0.137. The van der Waals surface area contributed by atoms with Crippen LogP contribution in [0.3, 0.4) is 0 Å². The van der Waals surface area contributed by atoms with Crippen molar-refractivity contribution in [1.82, 2.24) is 9.97 Å². The molecule has 0 aromatic carbocycles. The number of hydrogen-bond donors (Lipinski definition) is 2. The SMILES string of the molecule is NSc1cc(NC(=O)c2cc(C(F)(F)F)cnc2N2CCOCC2)ccn1. The van der Waals surface area contributed by atoms with Crippen molar-refractivity contribution in [2.24, 2.45) is 5.14 Å². The van der Waals surface area contributed by atoms with Gasteiger partial charge >= 0.3 is 6.18 Å². The monoisotopic (exact) mass is 399 g/mol. The van der Waals surface area contributed by atoms with E-state index in [1.54, 1.807) is 4.90 Å². The van der Waals surface area contributed by atoms with Crippen LogP contribution in [-0.4, -0.2) is 42.2 Å². The van der Waals surface area contributed by atoms with Crippen LogP contribution in [0.2, 0.25) is 0 Å². The zero-order valence-electron chi connectivity index (χ0n) is 14.0. The zero-order valence-corrected chi connectivity index (χ0v) is 14.8. The first kappa shape index (κ1) is 19.4. The maximum absolute atomic E-state index is 13.1. The van der Waals surface area contributed by atoms with Crippen LogP contribution in [0.25, 0.3) is 0 Å². The minimum absolute atomic E-state index is 0.162. The molecular weight excluding hydrogens is 383 g/mol. The van der Waals surface area contributed by atoms with Gasteiger partial charge in [0.2, 0.25) is 0 Å². The molecule has 3 heterocycles. The molecule has 0 spiro atoms. The zero-order chi connectivity index (χ0) is 19.4. The minimum atomic E-state index is -4.61. The number of anilines is 2. The van der Waals surface area contributed by atoms with Crippen molar-refractivity contribution in [3.63, 3.8) is 0 Å². The fraction of sp³-hybridized carbons (Fsp3) is 0.312. The van der Waals surface area contributed by atoms with Crippen LogP contribution in [0.4, 0.5) is 24.7 Å². The molecule has 0 saturated carbocycles. The topological polar surface area (TPSA) is 93.4 Å². The average molecular weight is 399 g/mol. The van der Waals surface area contributed by atoms with Crippen LogP contribution < -0.4 is 15.4 Å². The van der Waals surface area contributed by atoms with E-state index in [0.29, 0.717) is 37.0 Å². The molecule has 1 fully saturated rings. The van der Waals surface area contributed by atoms with Gasteiger partial charge in [0.25, 0.3) is 5.91 Å². The van der Waals surface area contributed by atoms with Gasteiger partial charge in [-0.1, -0.05) is 0 Å². The number of hydrogen-bond acceptors (Lipinski definition) is 7. The van der Waals surface area contributed by atoms with Crippen molar-refractivity contribution in [2.45, 2.75) is 11.2 Å². The maximum atomic E-state index is 13.1. The molecule has 2 aromatic rings. The third-order valence-corrected chi connectivity index (χ3v) is 4.33. The Balaban J connectivity index is 1.95. The van der Waals surface area contributed by atoms with Gasteiger partial charge in [-0.25, -0.2) is 9.97 Å². The Morgan fingerprint density at radius 2 is 2.00 bits per heavy atom. The molecule has 11 heteroatoms. The van der Waals surface area contributed by atoms with E-state index in [9.17, 15) is 18.0 Å². The van der Waals surface area contributed by atoms with Crippen LogP contribution in [0.5, 0.6) is 0 Å². The molecule has 1 aliphatic rings. The summed E-state index contributed by atoms with van der Waals surface area (Å²) in [6, 6.07) is 3.86. The molecule has 0 aliphatic carbocycles. The Morgan fingerprint density at radius 1 is 1.26 bits per heavy atom. The van der Waals surface area contributed by atoms with Gasteiger partial charge in [-0.2, -0.15) is 13.2 Å². The molecule has 27 heavy (non-hydrogen) atoms. The molecule has 1 aliphatic heterocycles. The quantitative estimate of drug-likeness (QED) is 0.763. The van der Waals surface area contributed by atoms with E-state index in [4.69, 9.17) is 9.88 Å². The number of amides is 1.